The van der Waals surface area contributed by atoms with Gasteiger partial charge in [0.05, 0.1) is 24.9 Å². The molecule has 8 heteroatoms. The molecule has 0 saturated carbocycles. The Hall–Kier alpha value is -2.51. The number of fused-ring (bicyclic) bond motifs is 1. The minimum absolute atomic E-state index is 0.147. The van der Waals surface area contributed by atoms with Crippen molar-refractivity contribution in [1.82, 2.24) is 9.55 Å². The summed E-state index contributed by atoms with van der Waals surface area (Å²) in [4.78, 5) is 42.7. The van der Waals surface area contributed by atoms with Crippen molar-refractivity contribution in [2.75, 3.05) is 6.61 Å². The SMILES string of the molecule is Cc1c(C(=O)OCC(C)C)sc2ncn(CC(=O)c3ccc(Cl)cc3)c(=O)c12. The monoisotopic (exact) mass is 418 g/mol. The van der Waals surface area contributed by atoms with Gasteiger partial charge in [-0.3, -0.25) is 14.2 Å². The lowest BCUT2D eigenvalue weighted by molar-refractivity contribution is 0.0464. The molecule has 146 valence electrons. The molecule has 0 unspecified atom stereocenters. The Labute approximate surface area is 170 Å². The molecule has 0 radical (unpaired) electrons. The zero-order valence-corrected chi connectivity index (χ0v) is 17.3. The van der Waals surface area contributed by atoms with Crippen LogP contribution in [0.1, 0.15) is 39.4 Å². The van der Waals surface area contributed by atoms with E-state index in [1.807, 2.05) is 13.8 Å². The number of aryl methyl sites for hydroxylation is 1. The molecule has 0 aliphatic rings. The number of nitrogens with zero attached hydrogens (tertiary/aromatic N) is 2. The lowest BCUT2D eigenvalue weighted by atomic mass is 10.1. The Kier molecular flexibility index (Phi) is 5.96. The van der Waals surface area contributed by atoms with Gasteiger partial charge in [0.25, 0.3) is 5.56 Å². The summed E-state index contributed by atoms with van der Waals surface area (Å²) in [5, 5.41) is 0.871. The van der Waals surface area contributed by atoms with Crippen LogP contribution < -0.4 is 5.56 Å². The second-order valence-electron chi connectivity index (χ2n) is 6.84. The van der Waals surface area contributed by atoms with Gasteiger partial charge in [-0.05, 0) is 42.7 Å². The summed E-state index contributed by atoms with van der Waals surface area (Å²) in [6.07, 6.45) is 1.33. The van der Waals surface area contributed by atoms with Crippen molar-refractivity contribution in [2.45, 2.75) is 27.3 Å². The van der Waals surface area contributed by atoms with E-state index in [9.17, 15) is 14.4 Å². The van der Waals surface area contributed by atoms with Crippen molar-refractivity contribution < 1.29 is 14.3 Å². The maximum Gasteiger partial charge on any atom is 0.348 e. The van der Waals surface area contributed by atoms with Crippen molar-refractivity contribution in [2.24, 2.45) is 5.92 Å². The molecule has 2 aromatic heterocycles. The maximum atomic E-state index is 12.9. The number of benzene rings is 1. The fourth-order valence-corrected chi connectivity index (χ4v) is 3.82. The maximum absolute atomic E-state index is 12.9. The third-order valence-electron chi connectivity index (χ3n) is 4.13. The van der Waals surface area contributed by atoms with Crippen LogP contribution >= 0.6 is 22.9 Å². The van der Waals surface area contributed by atoms with Crippen LogP contribution in [0, 0.1) is 12.8 Å². The van der Waals surface area contributed by atoms with Gasteiger partial charge in [0.1, 0.15) is 9.71 Å². The summed E-state index contributed by atoms with van der Waals surface area (Å²) in [6, 6.07) is 6.47. The van der Waals surface area contributed by atoms with E-state index in [0.717, 1.165) is 11.3 Å². The molecule has 3 rings (SSSR count). The van der Waals surface area contributed by atoms with Crippen LogP contribution in [0.2, 0.25) is 5.02 Å². The van der Waals surface area contributed by atoms with E-state index in [-0.39, 0.29) is 23.8 Å². The number of Topliss-reactive ketones (excluding diaryl/α,β-unsaturated/α-hetero) is 1. The van der Waals surface area contributed by atoms with E-state index in [0.29, 0.717) is 37.9 Å². The van der Waals surface area contributed by atoms with Crippen molar-refractivity contribution in [3.05, 3.63) is 62.0 Å². The molecule has 28 heavy (non-hydrogen) atoms. The summed E-state index contributed by atoms with van der Waals surface area (Å²) in [7, 11) is 0. The second kappa shape index (κ2) is 8.24. The smallest absolute Gasteiger partial charge is 0.348 e. The quantitative estimate of drug-likeness (QED) is 0.444. The van der Waals surface area contributed by atoms with Gasteiger partial charge in [-0.2, -0.15) is 0 Å². The van der Waals surface area contributed by atoms with Gasteiger partial charge in [-0.1, -0.05) is 25.4 Å². The van der Waals surface area contributed by atoms with Gasteiger partial charge in [0, 0.05) is 10.6 Å². The van der Waals surface area contributed by atoms with E-state index < -0.39 is 5.97 Å². The number of thiophene rings is 1. The third-order valence-corrected chi connectivity index (χ3v) is 5.56. The molecule has 0 N–H and O–H groups in total. The largest absolute Gasteiger partial charge is 0.461 e. The van der Waals surface area contributed by atoms with E-state index in [2.05, 4.69) is 4.98 Å². The van der Waals surface area contributed by atoms with Crippen molar-refractivity contribution in [3.8, 4) is 0 Å². The molecule has 0 fully saturated rings. The van der Waals surface area contributed by atoms with Crippen LogP contribution in [-0.4, -0.2) is 27.9 Å². The fourth-order valence-electron chi connectivity index (χ4n) is 2.66. The molecule has 0 bridgehead atoms. The Morgan fingerprint density at radius 1 is 1.25 bits per heavy atom. The standard InChI is InChI=1S/C20H19ClN2O4S/c1-11(2)9-27-20(26)17-12(3)16-18(28-17)22-10-23(19(16)25)8-15(24)13-4-6-14(21)7-5-13/h4-7,10-11H,8-9H2,1-3H3. The molecule has 0 spiro atoms. The Balaban J connectivity index is 1.91. The van der Waals surface area contributed by atoms with Gasteiger partial charge in [0.15, 0.2) is 5.78 Å². The summed E-state index contributed by atoms with van der Waals surface area (Å²) >= 11 is 6.96. The third kappa shape index (κ3) is 4.15. The highest BCUT2D eigenvalue weighted by Gasteiger charge is 2.21. The lowest BCUT2D eigenvalue weighted by Crippen LogP contribution is -2.24. The van der Waals surface area contributed by atoms with Crippen LogP contribution in [-0.2, 0) is 11.3 Å². The summed E-state index contributed by atoms with van der Waals surface area (Å²) in [5.74, 6) is -0.477. The minimum Gasteiger partial charge on any atom is -0.461 e. The average molecular weight is 419 g/mol. The molecule has 0 saturated heterocycles. The molecule has 0 aliphatic carbocycles. The lowest BCUT2D eigenvalue weighted by Gasteiger charge is -2.06. The molecule has 6 nitrogen and oxygen atoms in total. The molecule has 3 aromatic rings. The van der Waals surface area contributed by atoms with Crippen LogP contribution in [0.4, 0.5) is 0 Å². The zero-order valence-electron chi connectivity index (χ0n) is 15.7. The molecule has 0 atom stereocenters. The number of hydrogen-bond donors (Lipinski definition) is 0. The summed E-state index contributed by atoms with van der Waals surface area (Å²) in [6.45, 7) is 5.75. The summed E-state index contributed by atoms with van der Waals surface area (Å²) < 4.78 is 6.52. The van der Waals surface area contributed by atoms with Crippen LogP contribution in [0.3, 0.4) is 0 Å². The van der Waals surface area contributed by atoms with E-state index in [4.69, 9.17) is 16.3 Å². The molecule has 0 aliphatic heterocycles. The first-order valence-corrected chi connectivity index (χ1v) is 9.91. The molecular weight excluding hydrogens is 400 g/mol. The average Bonchev–Trinajstić information content (AvgIpc) is 3.00. The van der Waals surface area contributed by atoms with Gasteiger partial charge in [-0.15, -0.1) is 11.3 Å². The van der Waals surface area contributed by atoms with Crippen LogP contribution in [0.5, 0.6) is 0 Å². The zero-order chi connectivity index (χ0) is 20.4. The topological polar surface area (TPSA) is 78.3 Å². The minimum atomic E-state index is -0.461. The fraction of sp³-hybridized carbons (Fsp3) is 0.300. The van der Waals surface area contributed by atoms with Gasteiger partial charge in [-0.25, -0.2) is 9.78 Å². The Bertz CT molecular complexity index is 1100. The molecular formula is C20H19ClN2O4S. The Morgan fingerprint density at radius 2 is 1.93 bits per heavy atom. The number of ketones is 1. The van der Waals surface area contributed by atoms with Gasteiger partial charge in [0.2, 0.25) is 0 Å². The van der Waals surface area contributed by atoms with E-state index in [1.165, 1.54) is 10.9 Å². The predicted molar refractivity (Wildman–Crippen MR) is 110 cm³/mol. The second-order valence-corrected chi connectivity index (χ2v) is 8.27. The Morgan fingerprint density at radius 3 is 2.57 bits per heavy atom. The molecule has 0 amide bonds. The normalized spacial score (nSPS) is 11.2. The van der Waals surface area contributed by atoms with E-state index in [1.54, 1.807) is 31.2 Å². The first-order valence-electron chi connectivity index (χ1n) is 8.72. The first-order chi connectivity index (χ1) is 13.3. The number of carbonyl (C=O) groups is 2. The summed E-state index contributed by atoms with van der Waals surface area (Å²) in [5.41, 5.74) is 0.625. The van der Waals surface area contributed by atoms with Gasteiger partial charge < -0.3 is 4.74 Å². The number of hydrogen-bond acceptors (Lipinski definition) is 6. The molecule has 2 heterocycles. The number of rotatable bonds is 6. The first kappa shape index (κ1) is 20.2. The number of carbonyl (C=O) groups excluding carboxylic acids is 2. The molecule has 1 aromatic carbocycles. The van der Waals surface area contributed by atoms with E-state index >= 15 is 0 Å². The van der Waals surface area contributed by atoms with Crippen molar-refractivity contribution in [1.29, 1.82) is 0 Å². The highest BCUT2D eigenvalue weighted by atomic mass is 35.5. The van der Waals surface area contributed by atoms with Crippen LogP contribution in [0.25, 0.3) is 10.2 Å². The highest BCUT2D eigenvalue weighted by molar-refractivity contribution is 7.20. The van der Waals surface area contributed by atoms with Gasteiger partial charge >= 0.3 is 5.97 Å². The van der Waals surface area contributed by atoms with Crippen molar-refractivity contribution >= 4 is 44.9 Å². The predicted octanol–water partition coefficient (Wildman–Crippen LogP) is 4.12. The number of ether oxygens (including phenoxy) is 1. The highest BCUT2D eigenvalue weighted by Crippen LogP contribution is 2.27. The number of aromatic nitrogens is 2. The van der Waals surface area contributed by atoms with Crippen molar-refractivity contribution in [3.63, 3.8) is 0 Å². The number of esters is 1. The number of halogens is 1. The van der Waals surface area contributed by atoms with Crippen LogP contribution in [0.15, 0.2) is 35.4 Å².